The average Bonchev–Trinajstić information content (AvgIpc) is 1.82. The van der Waals surface area contributed by atoms with E-state index >= 15 is 0 Å². The molecular weight excluding hydrogens is 116 g/mol. The molecule has 0 amide bonds. The monoisotopic (exact) mass is 129 g/mol. The average molecular weight is 129 g/mol. The first kappa shape index (κ1) is 8.47. The van der Waals surface area contributed by atoms with Gasteiger partial charge in [0, 0.05) is 0 Å². The van der Waals surface area contributed by atoms with Crippen LogP contribution < -0.4 is 0 Å². The van der Waals surface area contributed by atoms with Crippen LogP contribution in [0.1, 0.15) is 26.7 Å². The Hall–Kier alpha value is -0.530. The van der Waals surface area contributed by atoms with Gasteiger partial charge in [0.05, 0.1) is 5.92 Å². The number of unbranched alkanes of at least 4 members (excludes halogenated alkanes) is 1. The van der Waals surface area contributed by atoms with Crippen LogP contribution in [-0.4, -0.2) is 11.1 Å². The van der Waals surface area contributed by atoms with Crippen LogP contribution in [0.3, 0.4) is 0 Å². The molecule has 0 aliphatic heterocycles. The van der Waals surface area contributed by atoms with E-state index in [1.165, 1.54) is 0 Å². The van der Waals surface area contributed by atoms with Gasteiger partial charge in [-0.3, -0.25) is 4.79 Å². The lowest BCUT2D eigenvalue weighted by molar-refractivity contribution is -0.141. The zero-order valence-electron chi connectivity index (χ0n) is 5.92. The molecule has 0 rings (SSSR count). The van der Waals surface area contributed by atoms with E-state index in [0.29, 0.717) is 6.42 Å². The molecule has 1 N–H and O–H groups in total. The number of rotatable bonds is 4. The maximum atomic E-state index is 10.2. The second-order valence-corrected chi connectivity index (χ2v) is 2.17. The molecule has 0 heterocycles. The molecule has 0 saturated carbocycles. The molecule has 0 aromatic rings. The van der Waals surface area contributed by atoms with Gasteiger partial charge in [-0.05, 0) is 12.8 Å². The van der Waals surface area contributed by atoms with Crippen LogP contribution in [0.5, 0.6) is 0 Å². The molecule has 0 aromatic carbocycles. The number of hydrogen-bond donors (Lipinski definition) is 1. The smallest absolute Gasteiger partial charge is 0.306 e. The molecule has 0 fully saturated rings. The third kappa shape index (κ3) is 4.01. The highest BCUT2D eigenvalue weighted by molar-refractivity contribution is 5.69. The molecule has 2 heteroatoms. The lowest BCUT2D eigenvalue weighted by Gasteiger charge is -2.01. The van der Waals surface area contributed by atoms with Crippen LogP contribution in [-0.2, 0) is 4.79 Å². The lowest BCUT2D eigenvalue weighted by Crippen LogP contribution is -2.08. The zero-order valence-corrected chi connectivity index (χ0v) is 5.92. The van der Waals surface area contributed by atoms with Crippen LogP contribution in [0.25, 0.3) is 0 Å². The Labute approximate surface area is 55.9 Å². The Balaban J connectivity index is 3.27. The van der Waals surface area contributed by atoms with Crippen molar-refractivity contribution in [2.24, 2.45) is 5.92 Å². The van der Waals surface area contributed by atoms with Gasteiger partial charge in [-0.2, -0.15) is 0 Å². The summed E-state index contributed by atoms with van der Waals surface area (Å²) in [5.41, 5.74) is 0. The first-order chi connectivity index (χ1) is 4.18. The number of carbonyl (C=O) groups is 1. The molecule has 0 bridgehead atoms. The highest BCUT2D eigenvalue weighted by atomic mass is 16.4. The lowest BCUT2D eigenvalue weighted by atomic mass is 10.1. The van der Waals surface area contributed by atoms with Gasteiger partial charge in [-0.15, -0.1) is 0 Å². The summed E-state index contributed by atoms with van der Waals surface area (Å²) < 4.78 is 0. The normalized spacial score (nSPS) is 13.1. The predicted octanol–water partition coefficient (Wildman–Crippen LogP) is 1.71. The number of hydrogen-bond acceptors (Lipinski definition) is 1. The van der Waals surface area contributed by atoms with Gasteiger partial charge in [0.1, 0.15) is 0 Å². The number of carboxylic acid groups (broad SMARTS) is 1. The van der Waals surface area contributed by atoms with Crippen molar-refractivity contribution in [2.45, 2.75) is 26.7 Å². The van der Waals surface area contributed by atoms with E-state index in [1.54, 1.807) is 6.92 Å². The molecule has 9 heavy (non-hydrogen) atoms. The molecule has 0 saturated heterocycles. The maximum absolute atomic E-state index is 10.2. The van der Waals surface area contributed by atoms with Crippen molar-refractivity contribution in [2.75, 3.05) is 0 Å². The van der Waals surface area contributed by atoms with Gasteiger partial charge in [0.25, 0.3) is 0 Å². The SMILES string of the molecule is CC[CH]CC(C)C(=O)O. The van der Waals surface area contributed by atoms with Crippen molar-refractivity contribution in [1.82, 2.24) is 0 Å². The summed E-state index contributed by atoms with van der Waals surface area (Å²) in [5, 5.41) is 8.39. The molecule has 1 unspecified atom stereocenters. The Morgan fingerprint density at radius 2 is 2.33 bits per heavy atom. The quantitative estimate of drug-likeness (QED) is 0.627. The molecule has 0 aliphatic carbocycles. The van der Waals surface area contributed by atoms with Gasteiger partial charge in [0.2, 0.25) is 0 Å². The van der Waals surface area contributed by atoms with E-state index in [1.807, 2.05) is 13.3 Å². The third-order valence-corrected chi connectivity index (χ3v) is 1.23. The minimum atomic E-state index is -0.709. The van der Waals surface area contributed by atoms with Crippen LogP contribution in [0, 0.1) is 12.3 Å². The molecule has 1 atom stereocenters. The van der Waals surface area contributed by atoms with E-state index < -0.39 is 5.97 Å². The second kappa shape index (κ2) is 4.36. The largest absolute Gasteiger partial charge is 0.481 e. The van der Waals surface area contributed by atoms with Gasteiger partial charge < -0.3 is 5.11 Å². The summed E-state index contributed by atoms with van der Waals surface area (Å²) in [6, 6.07) is 0. The minimum Gasteiger partial charge on any atom is -0.481 e. The van der Waals surface area contributed by atoms with Crippen LogP contribution in [0.4, 0.5) is 0 Å². The Morgan fingerprint density at radius 3 is 2.67 bits per heavy atom. The standard InChI is InChI=1S/C7H13O2/c1-3-4-5-6(2)7(8)9/h4,6H,3,5H2,1-2H3,(H,8,9). The van der Waals surface area contributed by atoms with Crippen LogP contribution in [0.2, 0.25) is 0 Å². The van der Waals surface area contributed by atoms with Gasteiger partial charge in [-0.25, -0.2) is 0 Å². The van der Waals surface area contributed by atoms with E-state index in [2.05, 4.69) is 0 Å². The second-order valence-electron chi connectivity index (χ2n) is 2.17. The van der Waals surface area contributed by atoms with Crippen molar-refractivity contribution in [3.05, 3.63) is 6.42 Å². The molecule has 2 nitrogen and oxygen atoms in total. The first-order valence-corrected chi connectivity index (χ1v) is 3.23. The van der Waals surface area contributed by atoms with Crippen molar-refractivity contribution < 1.29 is 9.90 Å². The van der Waals surface area contributed by atoms with Crippen LogP contribution in [0.15, 0.2) is 0 Å². The molecule has 1 radical (unpaired) electrons. The van der Waals surface area contributed by atoms with Crippen LogP contribution >= 0.6 is 0 Å². The summed E-state index contributed by atoms with van der Waals surface area (Å²) in [6.07, 6.45) is 3.63. The molecule has 53 valence electrons. The van der Waals surface area contributed by atoms with E-state index in [0.717, 1.165) is 6.42 Å². The van der Waals surface area contributed by atoms with E-state index in [-0.39, 0.29) is 5.92 Å². The minimum absolute atomic E-state index is 0.218. The Morgan fingerprint density at radius 1 is 1.78 bits per heavy atom. The molecule has 0 spiro atoms. The number of carboxylic acids is 1. The summed E-state index contributed by atoms with van der Waals surface area (Å²) >= 11 is 0. The van der Waals surface area contributed by atoms with Crippen molar-refractivity contribution in [3.63, 3.8) is 0 Å². The molecule has 0 aliphatic rings. The summed E-state index contributed by atoms with van der Waals surface area (Å²) in [6.45, 7) is 3.73. The third-order valence-electron chi connectivity index (χ3n) is 1.23. The van der Waals surface area contributed by atoms with E-state index in [9.17, 15) is 4.79 Å². The van der Waals surface area contributed by atoms with Crippen molar-refractivity contribution in [1.29, 1.82) is 0 Å². The fourth-order valence-electron chi connectivity index (χ4n) is 0.517. The highest BCUT2D eigenvalue weighted by Crippen LogP contribution is 2.05. The Bertz CT molecular complexity index is 88.9. The zero-order chi connectivity index (χ0) is 7.28. The summed E-state index contributed by atoms with van der Waals surface area (Å²) in [7, 11) is 0. The fourth-order valence-corrected chi connectivity index (χ4v) is 0.517. The maximum Gasteiger partial charge on any atom is 0.306 e. The summed E-state index contributed by atoms with van der Waals surface area (Å²) in [4.78, 5) is 10.2. The summed E-state index contributed by atoms with van der Waals surface area (Å²) in [5.74, 6) is -0.926. The van der Waals surface area contributed by atoms with E-state index in [4.69, 9.17) is 5.11 Å². The molecule has 0 aromatic heterocycles. The van der Waals surface area contributed by atoms with Gasteiger partial charge in [0.15, 0.2) is 0 Å². The highest BCUT2D eigenvalue weighted by Gasteiger charge is 2.08. The van der Waals surface area contributed by atoms with Crippen molar-refractivity contribution >= 4 is 5.97 Å². The molecular formula is C7H13O2. The first-order valence-electron chi connectivity index (χ1n) is 3.23. The van der Waals surface area contributed by atoms with Gasteiger partial charge >= 0.3 is 5.97 Å². The fraction of sp³-hybridized carbons (Fsp3) is 0.714. The van der Waals surface area contributed by atoms with Gasteiger partial charge in [-0.1, -0.05) is 20.3 Å². The topological polar surface area (TPSA) is 37.3 Å². The van der Waals surface area contributed by atoms with Crippen molar-refractivity contribution in [3.8, 4) is 0 Å². The predicted molar refractivity (Wildman–Crippen MR) is 36.0 cm³/mol. The Kier molecular flexibility index (Phi) is 4.10. The number of aliphatic carboxylic acids is 1.